The van der Waals surface area contributed by atoms with Crippen LogP contribution in [-0.4, -0.2) is 9.97 Å². The first-order valence-corrected chi connectivity index (χ1v) is 6.62. The smallest absolute Gasteiger partial charge is 0.0687 e. The zero-order valence-electron chi connectivity index (χ0n) is 10.8. The van der Waals surface area contributed by atoms with Gasteiger partial charge in [0.15, 0.2) is 0 Å². The van der Waals surface area contributed by atoms with Crippen molar-refractivity contribution in [3.8, 4) is 0 Å². The number of pyridine rings is 2. The molecule has 0 fully saturated rings. The molecule has 19 heavy (non-hydrogen) atoms. The van der Waals surface area contributed by atoms with Crippen molar-refractivity contribution in [2.24, 2.45) is 5.84 Å². The van der Waals surface area contributed by atoms with Crippen molar-refractivity contribution in [1.82, 2.24) is 15.4 Å². The van der Waals surface area contributed by atoms with E-state index in [9.17, 15) is 0 Å². The third-order valence-corrected chi connectivity index (χ3v) is 3.24. The highest BCUT2D eigenvalue weighted by atomic mass is 35.5. The fourth-order valence-electron chi connectivity index (χ4n) is 1.84. The second-order valence-corrected chi connectivity index (χ2v) is 4.77. The highest BCUT2D eigenvalue weighted by Gasteiger charge is 2.12. The molecule has 0 spiro atoms. The summed E-state index contributed by atoms with van der Waals surface area (Å²) in [6.07, 6.45) is 5.20. The number of nitrogens with one attached hydrogen (secondary N) is 1. The summed E-state index contributed by atoms with van der Waals surface area (Å²) in [6.45, 7) is 2.11. The van der Waals surface area contributed by atoms with Gasteiger partial charge in [0, 0.05) is 24.5 Å². The van der Waals surface area contributed by atoms with Crippen molar-refractivity contribution >= 4 is 11.6 Å². The molecule has 1 atom stereocenters. The van der Waals surface area contributed by atoms with E-state index in [-0.39, 0.29) is 6.04 Å². The monoisotopic (exact) mass is 276 g/mol. The van der Waals surface area contributed by atoms with Gasteiger partial charge in [0.2, 0.25) is 0 Å². The first-order chi connectivity index (χ1) is 9.22. The number of hydrazine groups is 1. The van der Waals surface area contributed by atoms with Gasteiger partial charge in [-0.3, -0.25) is 21.2 Å². The molecule has 0 saturated carbocycles. The maximum Gasteiger partial charge on any atom is 0.0687 e. The van der Waals surface area contributed by atoms with Crippen LogP contribution in [0.2, 0.25) is 5.02 Å². The van der Waals surface area contributed by atoms with Gasteiger partial charge in [0.25, 0.3) is 0 Å². The van der Waals surface area contributed by atoms with Crippen LogP contribution in [0.3, 0.4) is 0 Å². The van der Waals surface area contributed by atoms with Gasteiger partial charge in [-0.25, -0.2) is 0 Å². The van der Waals surface area contributed by atoms with Crippen molar-refractivity contribution in [2.75, 3.05) is 0 Å². The van der Waals surface area contributed by atoms with Gasteiger partial charge in [-0.05, 0) is 30.2 Å². The number of hydrogen-bond acceptors (Lipinski definition) is 4. The molecule has 4 nitrogen and oxygen atoms in total. The minimum Gasteiger partial charge on any atom is -0.271 e. The van der Waals surface area contributed by atoms with E-state index in [4.69, 9.17) is 17.4 Å². The van der Waals surface area contributed by atoms with Crippen molar-refractivity contribution in [2.45, 2.75) is 25.8 Å². The van der Waals surface area contributed by atoms with Crippen LogP contribution < -0.4 is 11.3 Å². The summed E-state index contributed by atoms with van der Waals surface area (Å²) in [7, 11) is 0. The SMILES string of the molecule is CCc1ccc(CC(NN)c2ccc(Cl)cn2)nc1. The summed E-state index contributed by atoms with van der Waals surface area (Å²) in [5.41, 5.74) is 5.83. The van der Waals surface area contributed by atoms with Crippen LogP contribution in [0, 0.1) is 0 Å². The number of aryl methyl sites for hydroxylation is 1. The molecule has 0 radical (unpaired) electrons. The lowest BCUT2D eigenvalue weighted by atomic mass is 10.1. The van der Waals surface area contributed by atoms with E-state index in [2.05, 4.69) is 28.4 Å². The van der Waals surface area contributed by atoms with Crippen molar-refractivity contribution in [1.29, 1.82) is 0 Å². The van der Waals surface area contributed by atoms with Crippen molar-refractivity contribution < 1.29 is 0 Å². The molecular weight excluding hydrogens is 260 g/mol. The summed E-state index contributed by atoms with van der Waals surface area (Å²) in [5, 5.41) is 0.616. The molecule has 0 saturated heterocycles. The minimum absolute atomic E-state index is 0.0720. The lowest BCUT2D eigenvalue weighted by molar-refractivity contribution is 0.532. The number of aromatic nitrogens is 2. The molecule has 1 unspecified atom stereocenters. The number of nitrogens with zero attached hydrogens (tertiary/aromatic N) is 2. The van der Waals surface area contributed by atoms with Crippen LogP contribution in [0.1, 0.15) is 29.9 Å². The number of rotatable bonds is 5. The van der Waals surface area contributed by atoms with E-state index in [1.165, 1.54) is 5.56 Å². The second-order valence-electron chi connectivity index (χ2n) is 4.34. The summed E-state index contributed by atoms with van der Waals surface area (Å²) >= 11 is 5.83. The van der Waals surface area contributed by atoms with Crippen LogP contribution in [0.4, 0.5) is 0 Å². The lowest BCUT2D eigenvalue weighted by Crippen LogP contribution is -2.30. The molecule has 2 rings (SSSR count). The fraction of sp³-hybridized carbons (Fsp3) is 0.286. The van der Waals surface area contributed by atoms with E-state index in [1.54, 1.807) is 6.20 Å². The van der Waals surface area contributed by atoms with Gasteiger partial charge >= 0.3 is 0 Å². The molecule has 0 aliphatic carbocycles. The Bertz CT molecular complexity index is 510. The number of nitrogens with two attached hydrogens (primary N) is 1. The predicted molar refractivity (Wildman–Crippen MR) is 76.6 cm³/mol. The molecule has 100 valence electrons. The van der Waals surface area contributed by atoms with Gasteiger partial charge in [-0.2, -0.15) is 0 Å². The Morgan fingerprint density at radius 3 is 2.58 bits per heavy atom. The van der Waals surface area contributed by atoms with E-state index in [1.807, 2.05) is 24.4 Å². The van der Waals surface area contributed by atoms with Crippen LogP contribution in [-0.2, 0) is 12.8 Å². The standard InChI is InChI=1S/C14H17ClN4/c1-2-10-3-5-12(17-8-10)7-14(19-16)13-6-4-11(15)9-18-13/h3-6,8-9,14,19H,2,7,16H2,1H3. The van der Waals surface area contributed by atoms with Gasteiger partial charge in [0.05, 0.1) is 16.8 Å². The highest BCUT2D eigenvalue weighted by molar-refractivity contribution is 6.30. The largest absolute Gasteiger partial charge is 0.271 e. The Morgan fingerprint density at radius 1 is 1.21 bits per heavy atom. The Hall–Kier alpha value is -1.49. The fourth-order valence-corrected chi connectivity index (χ4v) is 1.95. The first-order valence-electron chi connectivity index (χ1n) is 6.24. The average Bonchev–Trinajstić information content (AvgIpc) is 2.46. The molecule has 3 N–H and O–H groups in total. The quantitative estimate of drug-likeness (QED) is 0.650. The van der Waals surface area contributed by atoms with E-state index in [0.29, 0.717) is 11.4 Å². The van der Waals surface area contributed by atoms with Crippen molar-refractivity contribution in [3.05, 3.63) is 58.6 Å². The molecule has 0 aromatic carbocycles. The van der Waals surface area contributed by atoms with Crippen LogP contribution in [0.15, 0.2) is 36.7 Å². The molecule has 0 bridgehead atoms. The predicted octanol–water partition coefficient (Wildman–Crippen LogP) is 2.44. The van der Waals surface area contributed by atoms with Gasteiger partial charge in [-0.15, -0.1) is 0 Å². The lowest BCUT2D eigenvalue weighted by Gasteiger charge is -2.15. The summed E-state index contributed by atoms with van der Waals surface area (Å²) < 4.78 is 0. The molecule has 0 aliphatic heterocycles. The van der Waals surface area contributed by atoms with Crippen LogP contribution in [0.5, 0.6) is 0 Å². The first kappa shape index (κ1) is 13.9. The highest BCUT2D eigenvalue weighted by Crippen LogP contribution is 2.16. The maximum absolute atomic E-state index is 5.83. The summed E-state index contributed by atoms with van der Waals surface area (Å²) in [4.78, 5) is 8.71. The molecule has 0 amide bonds. The van der Waals surface area contributed by atoms with Crippen molar-refractivity contribution in [3.63, 3.8) is 0 Å². The molecule has 0 aliphatic rings. The topological polar surface area (TPSA) is 63.8 Å². The average molecular weight is 277 g/mol. The Balaban J connectivity index is 2.11. The van der Waals surface area contributed by atoms with E-state index in [0.717, 1.165) is 17.8 Å². The summed E-state index contributed by atoms with van der Waals surface area (Å²) in [6, 6.07) is 7.72. The van der Waals surface area contributed by atoms with E-state index < -0.39 is 0 Å². The Labute approximate surface area is 118 Å². The third-order valence-electron chi connectivity index (χ3n) is 3.02. The normalized spacial score (nSPS) is 12.4. The molecule has 5 heteroatoms. The summed E-state index contributed by atoms with van der Waals surface area (Å²) in [5.74, 6) is 5.60. The maximum atomic E-state index is 5.83. The Kier molecular flexibility index (Phi) is 4.85. The van der Waals surface area contributed by atoms with Gasteiger partial charge in [-0.1, -0.05) is 24.6 Å². The van der Waals surface area contributed by atoms with E-state index >= 15 is 0 Å². The zero-order chi connectivity index (χ0) is 13.7. The third kappa shape index (κ3) is 3.73. The molecule has 2 heterocycles. The molecule has 2 aromatic rings. The van der Waals surface area contributed by atoms with Gasteiger partial charge < -0.3 is 0 Å². The Morgan fingerprint density at radius 2 is 2.05 bits per heavy atom. The van der Waals surface area contributed by atoms with Crippen LogP contribution in [0.25, 0.3) is 0 Å². The molecule has 2 aromatic heterocycles. The molecular formula is C14H17ClN4. The zero-order valence-corrected chi connectivity index (χ0v) is 11.6. The number of hydrogen-bond donors (Lipinski definition) is 2. The second kappa shape index (κ2) is 6.61. The van der Waals surface area contributed by atoms with Crippen LogP contribution >= 0.6 is 11.6 Å². The minimum atomic E-state index is -0.0720. The number of halogens is 1. The van der Waals surface area contributed by atoms with Gasteiger partial charge in [0.1, 0.15) is 0 Å².